The molecule has 0 bridgehead atoms. The molecule has 0 radical (unpaired) electrons. The van der Waals surface area contributed by atoms with Crippen LogP contribution in [0.5, 0.6) is 0 Å². The third-order valence-corrected chi connectivity index (χ3v) is 3.90. The molecule has 0 fully saturated rings. The molecule has 5 nitrogen and oxygen atoms in total. The van der Waals surface area contributed by atoms with Crippen LogP contribution in [0.25, 0.3) is 0 Å². The summed E-state index contributed by atoms with van der Waals surface area (Å²) in [6.45, 7) is 9.29. The summed E-state index contributed by atoms with van der Waals surface area (Å²) >= 11 is 0. The molecule has 0 spiro atoms. The lowest BCUT2D eigenvalue weighted by Gasteiger charge is -2.36. The Morgan fingerprint density at radius 3 is 2.25 bits per heavy atom. The zero-order valence-electron chi connectivity index (χ0n) is 15.2. The first kappa shape index (κ1) is 20.2. The molecule has 0 aliphatic carbocycles. The van der Waals surface area contributed by atoms with E-state index in [0.29, 0.717) is 39.1 Å². The van der Waals surface area contributed by atoms with Gasteiger partial charge in [-0.1, -0.05) is 30.3 Å². The van der Waals surface area contributed by atoms with Crippen molar-refractivity contribution < 1.29 is 19.1 Å². The third-order valence-electron chi connectivity index (χ3n) is 3.90. The van der Waals surface area contributed by atoms with Gasteiger partial charge in [-0.05, 0) is 39.7 Å². The normalized spacial score (nSPS) is 11.4. The molecule has 0 saturated heterocycles. The van der Waals surface area contributed by atoms with Crippen LogP contribution in [0.3, 0.4) is 0 Å². The molecule has 0 aromatic heterocycles. The fourth-order valence-electron chi connectivity index (χ4n) is 2.44. The predicted octanol–water partition coefficient (Wildman–Crippen LogP) is 3.17. The highest BCUT2D eigenvalue weighted by atomic mass is 16.5. The van der Waals surface area contributed by atoms with Crippen molar-refractivity contribution in [1.29, 1.82) is 0 Å². The van der Waals surface area contributed by atoms with Gasteiger partial charge in [0, 0.05) is 19.5 Å². The fourth-order valence-corrected chi connectivity index (χ4v) is 2.44. The summed E-state index contributed by atoms with van der Waals surface area (Å²) in [7, 11) is 0. The van der Waals surface area contributed by atoms with E-state index in [4.69, 9.17) is 9.47 Å². The molecule has 1 aromatic rings. The van der Waals surface area contributed by atoms with Crippen molar-refractivity contribution >= 4 is 11.9 Å². The smallest absolute Gasteiger partial charge is 0.325 e. The minimum Gasteiger partial charge on any atom is -0.466 e. The maximum absolute atomic E-state index is 12.3. The van der Waals surface area contributed by atoms with Gasteiger partial charge in [-0.25, -0.2) is 0 Å². The molecule has 0 heterocycles. The van der Waals surface area contributed by atoms with E-state index < -0.39 is 5.54 Å². The molecule has 0 aliphatic rings. The van der Waals surface area contributed by atoms with E-state index in [1.165, 1.54) is 0 Å². The Morgan fingerprint density at radius 1 is 1.04 bits per heavy atom. The number of ether oxygens (including phenoxy) is 2. The van der Waals surface area contributed by atoms with Crippen LogP contribution in [-0.4, -0.2) is 42.1 Å². The highest BCUT2D eigenvalue weighted by Crippen LogP contribution is 2.21. The molecule has 0 amide bonds. The minimum atomic E-state index is -0.763. The third kappa shape index (κ3) is 6.32. The van der Waals surface area contributed by atoms with E-state index in [-0.39, 0.29) is 11.9 Å². The molecule has 134 valence electrons. The molecule has 0 aliphatic heterocycles. The Bertz CT molecular complexity index is 513. The summed E-state index contributed by atoms with van der Waals surface area (Å²) in [5.41, 5.74) is 0.353. The van der Waals surface area contributed by atoms with Crippen LogP contribution < -0.4 is 0 Å². The van der Waals surface area contributed by atoms with Crippen LogP contribution in [0.1, 0.15) is 46.1 Å². The summed E-state index contributed by atoms with van der Waals surface area (Å²) < 4.78 is 10.2. The molecule has 0 unspecified atom stereocenters. The SMILES string of the molecule is CCOC(=O)CCCN(Cc1ccccc1)C(C)(C)C(=O)OCC. The fraction of sp³-hybridized carbons (Fsp3) is 0.579. The number of carbonyl (C=O) groups excluding carboxylic acids is 2. The van der Waals surface area contributed by atoms with Crippen LogP contribution >= 0.6 is 0 Å². The molecule has 0 saturated carbocycles. The van der Waals surface area contributed by atoms with Gasteiger partial charge in [0.2, 0.25) is 0 Å². The molecule has 0 atom stereocenters. The molecule has 24 heavy (non-hydrogen) atoms. The van der Waals surface area contributed by atoms with Gasteiger partial charge in [-0.3, -0.25) is 14.5 Å². The Morgan fingerprint density at radius 2 is 1.67 bits per heavy atom. The largest absolute Gasteiger partial charge is 0.466 e. The number of esters is 2. The number of benzene rings is 1. The van der Waals surface area contributed by atoms with Crippen molar-refractivity contribution in [2.24, 2.45) is 0 Å². The predicted molar refractivity (Wildman–Crippen MR) is 93.4 cm³/mol. The van der Waals surface area contributed by atoms with Crippen LogP contribution in [0.4, 0.5) is 0 Å². The number of hydrogen-bond acceptors (Lipinski definition) is 5. The second-order valence-corrected chi connectivity index (χ2v) is 6.10. The van der Waals surface area contributed by atoms with Gasteiger partial charge in [0.15, 0.2) is 0 Å². The van der Waals surface area contributed by atoms with Crippen molar-refractivity contribution in [3.63, 3.8) is 0 Å². The van der Waals surface area contributed by atoms with Crippen molar-refractivity contribution in [1.82, 2.24) is 4.90 Å². The average Bonchev–Trinajstić information content (AvgIpc) is 2.55. The molecule has 1 aromatic carbocycles. The summed E-state index contributed by atoms with van der Waals surface area (Å²) in [4.78, 5) is 25.9. The lowest BCUT2D eigenvalue weighted by molar-refractivity contribution is -0.156. The lowest BCUT2D eigenvalue weighted by Crippen LogP contribution is -2.51. The monoisotopic (exact) mass is 335 g/mol. The summed E-state index contributed by atoms with van der Waals surface area (Å²) in [6.07, 6.45) is 0.979. The highest BCUT2D eigenvalue weighted by molar-refractivity contribution is 5.79. The van der Waals surface area contributed by atoms with Gasteiger partial charge < -0.3 is 9.47 Å². The summed E-state index contributed by atoms with van der Waals surface area (Å²) in [5.74, 6) is -0.455. The Balaban J connectivity index is 2.78. The molecular formula is C19H29NO4. The first-order chi connectivity index (χ1) is 11.4. The quantitative estimate of drug-likeness (QED) is 0.615. The lowest BCUT2D eigenvalue weighted by atomic mass is 10.0. The van der Waals surface area contributed by atoms with E-state index >= 15 is 0 Å². The Kier molecular flexibility index (Phi) is 8.47. The summed E-state index contributed by atoms with van der Waals surface area (Å²) in [5, 5.41) is 0. The first-order valence-electron chi connectivity index (χ1n) is 8.53. The van der Waals surface area contributed by atoms with Crippen LogP contribution in [-0.2, 0) is 25.6 Å². The van der Waals surface area contributed by atoms with E-state index in [1.807, 2.05) is 44.2 Å². The van der Waals surface area contributed by atoms with Crippen molar-refractivity contribution in [3.05, 3.63) is 35.9 Å². The molecule has 5 heteroatoms. The summed E-state index contributed by atoms with van der Waals surface area (Å²) in [6, 6.07) is 9.97. The second kappa shape index (κ2) is 10.1. The van der Waals surface area contributed by atoms with Gasteiger partial charge in [0.05, 0.1) is 13.2 Å². The van der Waals surface area contributed by atoms with Crippen LogP contribution in [0.2, 0.25) is 0 Å². The minimum absolute atomic E-state index is 0.203. The van der Waals surface area contributed by atoms with Gasteiger partial charge in [-0.2, -0.15) is 0 Å². The first-order valence-corrected chi connectivity index (χ1v) is 8.53. The van der Waals surface area contributed by atoms with Gasteiger partial charge in [0.1, 0.15) is 5.54 Å². The Labute approximate surface area is 144 Å². The van der Waals surface area contributed by atoms with Crippen molar-refractivity contribution in [3.8, 4) is 0 Å². The number of carbonyl (C=O) groups is 2. The van der Waals surface area contributed by atoms with Crippen molar-refractivity contribution in [2.75, 3.05) is 19.8 Å². The number of rotatable bonds is 10. The van der Waals surface area contributed by atoms with Crippen molar-refractivity contribution in [2.45, 2.75) is 52.6 Å². The van der Waals surface area contributed by atoms with E-state index in [0.717, 1.165) is 5.56 Å². The molecular weight excluding hydrogens is 306 g/mol. The standard InChI is InChI=1S/C19H29NO4/c1-5-23-17(21)13-10-14-20(15-16-11-8-7-9-12-16)19(3,4)18(22)24-6-2/h7-9,11-12H,5-6,10,13-15H2,1-4H3. The topological polar surface area (TPSA) is 55.8 Å². The van der Waals surface area contributed by atoms with Gasteiger partial charge in [0.25, 0.3) is 0 Å². The van der Waals surface area contributed by atoms with Crippen LogP contribution in [0, 0.1) is 0 Å². The number of nitrogens with zero attached hydrogens (tertiary/aromatic N) is 1. The van der Waals surface area contributed by atoms with E-state index in [1.54, 1.807) is 13.8 Å². The average molecular weight is 335 g/mol. The maximum atomic E-state index is 12.3. The maximum Gasteiger partial charge on any atom is 0.325 e. The molecule has 0 N–H and O–H groups in total. The number of hydrogen-bond donors (Lipinski definition) is 0. The van der Waals surface area contributed by atoms with E-state index in [2.05, 4.69) is 4.90 Å². The van der Waals surface area contributed by atoms with E-state index in [9.17, 15) is 9.59 Å². The second-order valence-electron chi connectivity index (χ2n) is 6.10. The van der Waals surface area contributed by atoms with Gasteiger partial charge in [-0.15, -0.1) is 0 Å². The zero-order chi connectivity index (χ0) is 18.0. The Hall–Kier alpha value is -1.88. The highest BCUT2D eigenvalue weighted by Gasteiger charge is 2.35. The molecule has 1 rings (SSSR count). The van der Waals surface area contributed by atoms with Crippen LogP contribution in [0.15, 0.2) is 30.3 Å². The van der Waals surface area contributed by atoms with Gasteiger partial charge >= 0.3 is 11.9 Å². The zero-order valence-corrected chi connectivity index (χ0v) is 15.2.